The summed E-state index contributed by atoms with van der Waals surface area (Å²) in [5.74, 6) is -0.228. The monoisotopic (exact) mass is 424 g/mol. The van der Waals surface area contributed by atoms with E-state index in [4.69, 9.17) is 23.2 Å². The highest BCUT2D eigenvalue weighted by Gasteiger charge is 2.16. The molecule has 0 fully saturated rings. The second-order valence-electron chi connectivity index (χ2n) is 5.53. The van der Waals surface area contributed by atoms with Crippen LogP contribution in [0.1, 0.15) is 6.42 Å². The van der Waals surface area contributed by atoms with Crippen LogP contribution in [-0.2, 0) is 14.6 Å². The van der Waals surface area contributed by atoms with Gasteiger partial charge in [-0.05, 0) is 24.3 Å². The van der Waals surface area contributed by atoms with Gasteiger partial charge >= 0.3 is 0 Å². The summed E-state index contributed by atoms with van der Waals surface area (Å²) in [7, 11) is -3.51. The molecule has 0 atom stereocenters. The average molecular weight is 425 g/mol. The molecule has 0 saturated carbocycles. The van der Waals surface area contributed by atoms with E-state index in [0.29, 0.717) is 11.5 Å². The van der Waals surface area contributed by atoms with E-state index in [1.807, 2.05) is 0 Å². The van der Waals surface area contributed by atoms with Crippen LogP contribution in [0, 0.1) is 0 Å². The van der Waals surface area contributed by atoms with Crippen LogP contribution in [0.2, 0.25) is 10.3 Å². The number of rotatable bonds is 6. The zero-order chi connectivity index (χ0) is 19.4. The smallest absolute Gasteiger partial charge is 0.225 e. The molecule has 0 aliphatic carbocycles. The van der Waals surface area contributed by atoms with Gasteiger partial charge < -0.3 is 5.32 Å². The number of aromatic nitrogens is 3. The SMILES string of the molecule is O=C(CCS(=O)(=O)c1ccccc1)Nc1ccc(-n2cnc(Cl)c2Cl)nc1. The molecule has 7 nitrogen and oxygen atoms in total. The highest BCUT2D eigenvalue weighted by Crippen LogP contribution is 2.23. The Labute approximate surface area is 165 Å². The van der Waals surface area contributed by atoms with Gasteiger partial charge in [0.05, 0.1) is 22.5 Å². The predicted octanol–water partition coefficient (Wildman–Crippen LogP) is 3.38. The Morgan fingerprint density at radius 1 is 1.07 bits per heavy atom. The maximum Gasteiger partial charge on any atom is 0.225 e. The molecule has 3 rings (SSSR count). The van der Waals surface area contributed by atoms with Crippen LogP contribution < -0.4 is 5.32 Å². The number of nitrogens with zero attached hydrogens (tertiary/aromatic N) is 3. The van der Waals surface area contributed by atoms with Gasteiger partial charge in [0.2, 0.25) is 5.91 Å². The molecular formula is C17H14Cl2N4O3S. The maximum atomic E-state index is 12.2. The number of sulfone groups is 1. The largest absolute Gasteiger partial charge is 0.325 e. The summed E-state index contributed by atoms with van der Waals surface area (Å²) >= 11 is 11.8. The fourth-order valence-corrected chi connectivity index (χ4v) is 3.85. The van der Waals surface area contributed by atoms with Crippen molar-refractivity contribution in [2.75, 3.05) is 11.1 Å². The number of hydrogen-bond acceptors (Lipinski definition) is 5. The first kappa shape index (κ1) is 19.3. The van der Waals surface area contributed by atoms with Crippen molar-refractivity contribution in [2.45, 2.75) is 11.3 Å². The number of benzene rings is 1. The molecule has 0 radical (unpaired) electrons. The quantitative estimate of drug-likeness (QED) is 0.654. The average Bonchev–Trinajstić information content (AvgIpc) is 3.00. The fraction of sp³-hybridized carbons (Fsp3) is 0.118. The number of carbonyl (C=O) groups excluding carboxylic acids is 1. The highest BCUT2D eigenvalue weighted by atomic mass is 35.5. The zero-order valence-corrected chi connectivity index (χ0v) is 16.2. The summed E-state index contributed by atoms with van der Waals surface area (Å²) < 4.78 is 25.9. The number of carbonyl (C=O) groups is 1. The van der Waals surface area contributed by atoms with Crippen molar-refractivity contribution >= 4 is 44.6 Å². The second kappa shape index (κ2) is 8.08. The minimum atomic E-state index is -3.51. The second-order valence-corrected chi connectivity index (χ2v) is 8.36. The van der Waals surface area contributed by atoms with Gasteiger partial charge in [-0.1, -0.05) is 41.4 Å². The highest BCUT2D eigenvalue weighted by molar-refractivity contribution is 7.91. The first-order valence-electron chi connectivity index (χ1n) is 7.79. The molecule has 0 aliphatic rings. The van der Waals surface area contributed by atoms with Crippen molar-refractivity contribution in [1.29, 1.82) is 0 Å². The summed E-state index contributed by atoms with van der Waals surface area (Å²) in [6.07, 6.45) is 2.70. The van der Waals surface area contributed by atoms with E-state index in [-0.39, 0.29) is 27.4 Å². The predicted molar refractivity (Wildman–Crippen MR) is 103 cm³/mol. The van der Waals surface area contributed by atoms with Gasteiger partial charge in [0.15, 0.2) is 20.1 Å². The lowest BCUT2D eigenvalue weighted by atomic mass is 10.3. The first-order valence-corrected chi connectivity index (χ1v) is 10.2. The molecular weight excluding hydrogens is 411 g/mol. The molecule has 0 bridgehead atoms. The Kier molecular flexibility index (Phi) is 5.79. The third-order valence-electron chi connectivity index (χ3n) is 3.65. The van der Waals surface area contributed by atoms with Gasteiger partial charge in [-0.2, -0.15) is 0 Å². The minimum Gasteiger partial charge on any atom is -0.325 e. The molecule has 0 saturated heterocycles. The molecule has 140 valence electrons. The van der Waals surface area contributed by atoms with Crippen molar-refractivity contribution < 1.29 is 13.2 Å². The van der Waals surface area contributed by atoms with Crippen molar-refractivity contribution in [1.82, 2.24) is 14.5 Å². The van der Waals surface area contributed by atoms with Crippen LogP contribution in [0.15, 0.2) is 59.9 Å². The Balaban J connectivity index is 1.61. The molecule has 27 heavy (non-hydrogen) atoms. The van der Waals surface area contributed by atoms with E-state index in [2.05, 4.69) is 15.3 Å². The van der Waals surface area contributed by atoms with Gasteiger partial charge in [-0.3, -0.25) is 9.36 Å². The van der Waals surface area contributed by atoms with Crippen molar-refractivity contribution in [2.24, 2.45) is 0 Å². The number of anilines is 1. The molecule has 2 aromatic heterocycles. The number of imidazole rings is 1. The number of nitrogens with one attached hydrogen (secondary N) is 1. The molecule has 0 spiro atoms. The summed E-state index contributed by atoms with van der Waals surface area (Å²) in [5, 5.41) is 3.01. The molecule has 3 aromatic rings. The Bertz CT molecular complexity index is 1050. The van der Waals surface area contributed by atoms with Crippen LogP contribution >= 0.6 is 23.2 Å². The Morgan fingerprint density at radius 3 is 2.41 bits per heavy atom. The number of amides is 1. The molecule has 0 aliphatic heterocycles. The Hall–Kier alpha value is -2.42. The number of hydrogen-bond donors (Lipinski definition) is 1. The minimum absolute atomic E-state index is 0.162. The van der Waals surface area contributed by atoms with Crippen LogP contribution in [-0.4, -0.2) is 34.6 Å². The van der Waals surface area contributed by atoms with E-state index < -0.39 is 15.7 Å². The molecule has 2 heterocycles. The van der Waals surface area contributed by atoms with Crippen LogP contribution in [0.3, 0.4) is 0 Å². The molecule has 1 aromatic carbocycles. The van der Waals surface area contributed by atoms with Crippen LogP contribution in [0.25, 0.3) is 5.82 Å². The van der Waals surface area contributed by atoms with Crippen LogP contribution in [0.4, 0.5) is 5.69 Å². The van der Waals surface area contributed by atoms with Crippen LogP contribution in [0.5, 0.6) is 0 Å². The molecule has 10 heteroatoms. The summed E-state index contributed by atoms with van der Waals surface area (Å²) in [4.78, 5) is 20.3. The van der Waals surface area contributed by atoms with E-state index in [0.717, 1.165) is 0 Å². The number of pyridine rings is 1. The molecule has 0 unspecified atom stereocenters. The summed E-state index contributed by atoms with van der Waals surface area (Å²) in [6.45, 7) is 0. The van der Waals surface area contributed by atoms with Gasteiger partial charge in [0.1, 0.15) is 12.1 Å². The lowest BCUT2D eigenvalue weighted by Crippen LogP contribution is -2.17. The van der Waals surface area contributed by atoms with E-state index in [1.165, 1.54) is 29.2 Å². The van der Waals surface area contributed by atoms with Gasteiger partial charge in [0, 0.05) is 6.42 Å². The third kappa shape index (κ3) is 4.65. The summed E-state index contributed by atoms with van der Waals surface area (Å²) in [5.41, 5.74) is 0.434. The van der Waals surface area contributed by atoms with Gasteiger partial charge in [-0.15, -0.1) is 0 Å². The summed E-state index contributed by atoms with van der Waals surface area (Å²) in [6, 6.07) is 11.3. The third-order valence-corrected chi connectivity index (χ3v) is 6.11. The van der Waals surface area contributed by atoms with E-state index in [1.54, 1.807) is 30.3 Å². The first-order chi connectivity index (χ1) is 12.9. The van der Waals surface area contributed by atoms with E-state index >= 15 is 0 Å². The maximum absolute atomic E-state index is 12.2. The molecule has 1 N–H and O–H groups in total. The lowest BCUT2D eigenvalue weighted by molar-refractivity contribution is -0.115. The van der Waals surface area contributed by atoms with E-state index in [9.17, 15) is 13.2 Å². The van der Waals surface area contributed by atoms with Crippen molar-refractivity contribution in [3.63, 3.8) is 0 Å². The fourth-order valence-electron chi connectivity index (χ4n) is 2.27. The van der Waals surface area contributed by atoms with Gasteiger partial charge in [-0.25, -0.2) is 18.4 Å². The standard InChI is InChI=1S/C17H14Cl2N4O3S/c18-16-17(19)23(11-21-16)14-7-6-12(10-20-14)22-15(24)8-9-27(25,26)13-4-2-1-3-5-13/h1-7,10-11H,8-9H2,(H,22,24). The molecule has 1 amide bonds. The number of halogens is 2. The van der Waals surface area contributed by atoms with Crippen molar-refractivity contribution in [3.05, 3.63) is 65.3 Å². The lowest BCUT2D eigenvalue weighted by Gasteiger charge is -2.08. The van der Waals surface area contributed by atoms with Gasteiger partial charge in [0.25, 0.3) is 0 Å². The normalized spacial score (nSPS) is 11.3. The van der Waals surface area contributed by atoms with Crippen molar-refractivity contribution in [3.8, 4) is 5.82 Å². The Morgan fingerprint density at radius 2 is 1.81 bits per heavy atom. The zero-order valence-electron chi connectivity index (χ0n) is 13.8. The topological polar surface area (TPSA) is 94.0 Å².